The lowest BCUT2D eigenvalue weighted by atomic mass is 9.84. The van der Waals surface area contributed by atoms with Crippen molar-refractivity contribution in [3.63, 3.8) is 0 Å². The molecule has 0 aliphatic heterocycles. The van der Waals surface area contributed by atoms with E-state index >= 15 is 0 Å². The van der Waals surface area contributed by atoms with Crippen molar-refractivity contribution in [3.8, 4) is 0 Å². The highest BCUT2D eigenvalue weighted by Crippen LogP contribution is 2.44. The molecule has 5 nitrogen and oxygen atoms in total. The molecule has 9 heteroatoms. The van der Waals surface area contributed by atoms with Crippen molar-refractivity contribution in [1.82, 2.24) is 0 Å². The second-order valence-electron chi connectivity index (χ2n) is 5.70. The maximum absolute atomic E-state index is 13.7. The maximum Gasteiger partial charge on any atom is 0.425 e. The number of nitrogen functional groups attached to an aromatic ring is 1. The number of benzene rings is 2. The number of aryl methyl sites for hydroxylation is 1. The molecule has 1 atom stereocenters. The largest absolute Gasteiger partial charge is 0.425 e. The van der Waals surface area contributed by atoms with Crippen LogP contribution in [0.2, 0.25) is 0 Å². The fraction of sp³-hybridized carbons (Fsp3) is 0.250. The van der Waals surface area contributed by atoms with Gasteiger partial charge in [0.05, 0.1) is 0 Å². The zero-order valence-electron chi connectivity index (χ0n) is 13.1. The highest BCUT2D eigenvalue weighted by atomic mass is 32.2. The van der Waals surface area contributed by atoms with E-state index in [9.17, 15) is 26.7 Å². The summed E-state index contributed by atoms with van der Waals surface area (Å²) >= 11 is 0. The smallest absolute Gasteiger partial charge is 0.399 e. The Kier molecular flexibility index (Phi) is 4.86. The average molecular weight is 375 g/mol. The fourth-order valence-corrected chi connectivity index (χ4v) is 3.06. The monoisotopic (exact) mass is 375 g/mol. The summed E-state index contributed by atoms with van der Waals surface area (Å²) < 4.78 is 71.5. The molecule has 2 rings (SSSR count). The van der Waals surface area contributed by atoms with Gasteiger partial charge in [0.1, 0.15) is 5.75 Å². The van der Waals surface area contributed by atoms with E-state index in [1.165, 1.54) is 13.0 Å². The Morgan fingerprint density at radius 3 is 2.00 bits per heavy atom. The Balaban J connectivity index is 2.56. The molecule has 2 aromatic carbocycles. The van der Waals surface area contributed by atoms with Crippen LogP contribution in [0.15, 0.2) is 42.5 Å². The zero-order valence-corrected chi connectivity index (χ0v) is 13.9. The van der Waals surface area contributed by atoms with Gasteiger partial charge in [-0.25, -0.2) is 0 Å². The summed E-state index contributed by atoms with van der Waals surface area (Å²) in [6.07, 6.45) is -5.03. The van der Waals surface area contributed by atoms with Crippen LogP contribution in [-0.2, 0) is 21.5 Å². The molecule has 0 aromatic heterocycles. The number of hydrogen-bond donors (Lipinski definition) is 3. The number of halogens is 3. The van der Waals surface area contributed by atoms with Crippen LogP contribution in [0.25, 0.3) is 0 Å². The van der Waals surface area contributed by atoms with Crippen LogP contribution in [0.1, 0.15) is 22.3 Å². The fourth-order valence-electron chi connectivity index (χ4n) is 2.45. The zero-order chi connectivity index (χ0) is 19.0. The third-order valence-corrected chi connectivity index (χ3v) is 4.52. The third kappa shape index (κ3) is 3.94. The van der Waals surface area contributed by atoms with Crippen molar-refractivity contribution in [1.29, 1.82) is 0 Å². The van der Waals surface area contributed by atoms with Gasteiger partial charge in [-0.05, 0) is 35.2 Å². The number of alkyl halides is 3. The van der Waals surface area contributed by atoms with Crippen LogP contribution in [-0.4, -0.2) is 24.3 Å². The molecule has 0 heterocycles. The molecule has 0 bridgehead atoms. The lowest BCUT2D eigenvalue weighted by Crippen LogP contribution is -2.43. The van der Waals surface area contributed by atoms with Gasteiger partial charge in [0.25, 0.3) is 10.1 Å². The Bertz CT molecular complexity index is 879. The molecule has 0 radical (unpaired) electrons. The van der Waals surface area contributed by atoms with E-state index < -0.39 is 38.8 Å². The molecule has 25 heavy (non-hydrogen) atoms. The maximum atomic E-state index is 13.7. The third-order valence-electron chi connectivity index (χ3n) is 3.82. The minimum absolute atomic E-state index is 0.0873. The van der Waals surface area contributed by atoms with E-state index in [1.54, 1.807) is 0 Å². The summed E-state index contributed by atoms with van der Waals surface area (Å²) in [5.41, 5.74) is 2.19. The van der Waals surface area contributed by atoms with Gasteiger partial charge in [-0.15, -0.1) is 0 Å². The normalized spacial score (nSPS) is 15.0. The van der Waals surface area contributed by atoms with Crippen LogP contribution < -0.4 is 5.73 Å². The minimum atomic E-state index is -5.03. The molecule has 0 aliphatic carbocycles. The molecular formula is C16H16F3NO4S. The van der Waals surface area contributed by atoms with Crippen LogP contribution >= 0.6 is 0 Å². The van der Waals surface area contributed by atoms with Gasteiger partial charge in [0.15, 0.2) is 0 Å². The number of aliphatic hydroxyl groups is 1. The van der Waals surface area contributed by atoms with E-state index in [0.717, 1.165) is 36.4 Å². The van der Waals surface area contributed by atoms with Crippen LogP contribution in [0, 0.1) is 6.92 Å². The lowest BCUT2D eigenvalue weighted by molar-refractivity contribution is -0.248. The summed E-state index contributed by atoms with van der Waals surface area (Å²) in [5, 5.41) is 10.5. The Morgan fingerprint density at radius 1 is 1.04 bits per heavy atom. The molecule has 0 spiro atoms. The summed E-state index contributed by atoms with van der Waals surface area (Å²) in [4.78, 5) is 0. The Morgan fingerprint density at radius 2 is 1.56 bits per heavy atom. The van der Waals surface area contributed by atoms with Crippen molar-refractivity contribution in [3.05, 3.63) is 64.7 Å². The van der Waals surface area contributed by atoms with Crippen LogP contribution in [0.4, 0.5) is 18.9 Å². The van der Waals surface area contributed by atoms with Crippen LogP contribution in [0.5, 0.6) is 0 Å². The van der Waals surface area contributed by atoms with Gasteiger partial charge in [0.2, 0.25) is 5.60 Å². The summed E-state index contributed by atoms with van der Waals surface area (Å²) in [7, 11) is -4.32. The van der Waals surface area contributed by atoms with Crippen molar-refractivity contribution in [2.45, 2.75) is 24.5 Å². The van der Waals surface area contributed by atoms with Gasteiger partial charge in [-0.1, -0.05) is 36.4 Å². The quantitative estimate of drug-likeness (QED) is 0.564. The highest BCUT2D eigenvalue weighted by molar-refractivity contribution is 7.85. The first-order chi connectivity index (χ1) is 11.3. The van der Waals surface area contributed by atoms with E-state index in [1.807, 2.05) is 0 Å². The molecule has 2 aromatic rings. The molecule has 0 saturated heterocycles. The van der Waals surface area contributed by atoms with Crippen molar-refractivity contribution in [2.24, 2.45) is 0 Å². The van der Waals surface area contributed by atoms with Gasteiger partial charge in [-0.3, -0.25) is 4.55 Å². The molecule has 4 N–H and O–H groups in total. The number of hydrogen-bond acceptors (Lipinski definition) is 4. The SMILES string of the molecule is Cc1cc(C(O)(c2ccc(CS(=O)(=O)O)cc2)C(F)(F)F)ccc1N. The van der Waals surface area contributed by atoms with Gasteiger partial charge in [0, 0.05) is 5.69 Å². The van der Waals surface area contributed by atoms with E-state index in [-0.39, 0.29) is 11.3 Å². The second kappa shape index (κ2) is 6.32. The molecule has 1 unspecified atom stereocenters. The molecule has 0 fully saturated rings. The van der Waals surface area contributed by atoms with Crippen LogP contribution in [0.3, 0.4) is 0 Å². The molecule has 136 valence electrons. The number of nitrogens with two attached hydrogens (primary N) is 1. The number of rotatable bonds is 4. The minimum Gasteiger partial charge on any atom is -0.399 e. The van der Waals surface area contributed by atoms with Gasteiger partial charge >= 0.3 is 6.18 Å². The first-order valence-electron chi connectivity index (χ1n) is 7.05. The van der Waals surface area contributed by atoms with Crippen molar-refractivity contribution in [2.75, 3.05) is 5.73 Å². The highest BCUT2D eigenvalue weighted by Gasteiger charge is 2.56. The molecular weight excluding hydrogens is 359 g/mol. The Hall–Kier alpha value is -2.10. The van der Waals surface area contributed by atoms with E-state index in [4.69, 9.17) is 10.3 Å². The summed E-state index contributed by atoms with van der Waals surface area (Å²) in [6, 6.07) is 7.65. The summed E-state index contributed by atoms with van der Waals surface area (Å²) in [6.45, 7) is 1.52. The summed E-state index contributed by atoms with van der Waals surface area (Å²) in [5.74, 6) is -0.737. The predicted molar refractivity (Wildman–Crippen MR) is 86.3 cm³/mol. The standard InChI is InChI=1S/C16H16F3NO4S/c1-10-8-13(6-7-14(10)20)15(21,16(17,18)19)12-4-2-11(3-5-12)9-25(22,23)24/h2-8,21H,9,20H2,1H3,(H,22,23,24). The average Bonchev–Trinajstić information content (AvgIpc) is 2.47. The molecule has 0 aliphatic rings. The molecule has 0 amide bonds. The van der Waals surface area contributed by atoms with Crippen molar-refractivity contribution >= 4 is 15.8 Å². The Labute approximate surface area is 142 Å². The van der Waals surface area contributed by atoms with E-state index in [2.05, 4.69) is 0 Å². The lowest BCUT2D eigenvalue weighted by Gasteiger charge is -2.32. The molecule has 0 saturated carbocycles. The van der Waals surface area contributed by atoms with E-state index in [0.29, 0.717) is 5.56 Å². The second-order valence-corrected chi connectivity index (χ2v) is 7.16. The van der Waals surface area contributed by atoms with Gasteiger partial charge in [-0.2, -0.15) is 21.6 Å². The topological polar surface area (TPSA) is 101 Å². The van der Waals surface area contributed by atoms with Gasteiger partial charge < -0.3 is 10.8 Å². The predicted octanol–water partition coefficient (Wildman–Crippen LogP) is 2.76. The van der Waals surface area contributed by atoms with Crippen molar-refractivity contribution < 1.29 is 31.2 Å². The first-order valence-corrected chi connectivity index (χ1v) is 8.66. The number of anilines is 1. The first kappa shape index (κ1) is 19.2.